The van der Waals surface area contributed by atoms with Crippen LogP contribution in [-0.2, 0) is 14.8 Å². The maximum Gasteiger partial charge on any atom is 0.263 e. The Morgan fingerprint density at radius 1 is 1.43 bits per heavy atom. The Labute approximate surface area is 170 Å². The van der Waals surface area contributed by atoms with Crippen LogP contribution in [0.4, 0.5) is 0 Å². The summed E-state index contributed by atoms with van der Waals surface area (Å²) in [7, 11) is -3.93. The van der Waals surface area contributed by atoms with E-state index >= 15 is 0 Å². The third kappa shape index (κ3) is 4.81. The van der Waals surface area contributed by atoms with Crippen molar-refractivity contribution in [2.24, 2.45) is 0 Å². The lowest BCUT2D eigenvalue weighted by atomic mass is 10.0. The number of nitrogens with one attached hydrogen (secondary N) is 1. The molecule has 0 aromatic heterocycles. The number of carbonyl (C=O) groups excluding carboxylic acids is 1. The number of hydroxylamine groups is 1. The Balaban J connectivity index is 2.32. The van der Waals surface area contributed by atoms with Gasteiger partial charge in [-0.15, -0.1) is 5.92 Å². The molecule has 2 rings (SSSR count). The van der Waals surface area contributed by atoms with Crippen LogP contribution >= 0.6 is 11.8 Å². The van der Waals surface area contributed by atoms with Crippen LogP contribution in [0.15, 0.2) is 29.2 Å². The van der Waals surface area contributed by atoms with Crippen LogP contribution in [0.1, 0.15) is 34.1 Å². The Kier molecular flexibility index (Phi) is 7.39. The van der Waals surface area contributed by atoms with Gasteiger partial charge in [0, 0.05) is 17.0 Å². The molecule has 9 heteroatoms. The maximum atomic E-state index is 13.2. The summed E-state index contributed by atoms with van der Waals surface area (Å²) < 4.78 is 32.6. The van der Waals surface area contributed by atoms with Crippen molar-refractivity contribution >= 4 is 27.7 Å². The number of rotatable bonds is 6. The number of sulfonamides is 1. The molecule has 0 bridgehead atoms. The Bertz CT molecular complexity index is 857. The first-order valence-corrected chi connectivity index (χ1v) is 11.4. The molecule has 1 aromatic carbocycles. The number of amides is 1. The average molecular weight is 427 g/mol. The van der Waals surface area contributed by atoms with Crippen LogP contribution in [0.25, 0.3) is 0 Å². The van der Waals surface area contributed by atoms with Gasteiger partial charge in [-0.05, 0) is 51.5 Å². The lowest BCUT2D eigenvalue weighted by Crippen LogP contribution is -2.61. The number of nitrogens with zero attached hydrogens (tertiary/aromatic N) is 1. The minimum Gasteiger partial charge on any atom is -0.478 e. The summed E-state index contributed by atoms with van der Waals surface area (Å²) in [6.45, 7) is 7.44. The third-order valence-corrected chi connectivity index (χ3v) is 7.71. The molecule has 0 spiro atoms. The minimum atomic E-state index is -3.93. The van der Waals surface area contributed by atoms with E-state index in [1.165, 1.54) is 23.9 Å². The number of hydrogen-bond donors (Lipinski definition) is 2. The number of carbonyl (C=O) groups is 1. The fraction of sp³-hybridized carbons (Fsp3) is 0.526. The molecule has 154 valence electrons. The molecular weight excluding hydrogens is 400 g/mol. The SMILES string of the molecule is CC#CC(CC)Oc1ccc(S(=O)(=O)N2CCSC(C)(C)C2C(=O)NO)cc1. The highest BCUT2D eigenvalue weighted by Crippen LogP contribution is 2.38. The molecular formula is C19H26N2O5S2. The standard InChI is InChI=1S/C19H26N2O5S2/c1-5-7-14(6-2)26-15-8-10-16(11-9-15)28(24,25)21-12-13-27-19(3,4)17(21)18(22)20-23/h8-11,14,17,23H,6,12-13H2,1-4H3,(H,20,22). The fourth-order valence-electron chi connectivity index (χ4n) is 3.09. The zero-order valence-electron chi connectivity index (χ0n) is 16.4. The van der Waals surface area contributed by atoms with Crippen molar-refractivity contribution in [3.8, 4) is 17.6 Å². The van der Waals surface area contributed by atoms with Crippen molar-refractivity contribution < 1.29 is 23.2 Å². The van der Waals surface area contributed by atoms with E-state index in [0.29, 0.717) is 17.9 Å². The van der Waals surface area contributed by atoms with Gasteiger partial charge in [-0.3, -0.25) is 10.0 Å². The van der Waals surface area contributed by atoms with E-state index in [-0.39, 0.29) is 17.5 Å². The molecule has 2 N–H and O–H groups in total. The first-order chi connectivity index (χ1) is 13.2. The van der Waals surface area contributed by atoms with Crippen molar-refractivity contribution in [2.75, 3.05) is 12.3 Å². The molecule has 2 atom stereocenters. The van der Waals surface area contributed by atoms with Gasteiger partial charge in [0.05, 0.1) is 4.90 Å². The fourth-order valence-corrected chi connectivity index (χ4v) is 6.19. The summed E-state index contributed by atoms with van der Waals surface area (Å²) in [5.74, 6) is 6.08. The van der Waals surface area contributed by atoms with Crippen molar-refractivity contribution in [1.82, 2.24) is 9.79 Å². The Morgan fingerprint density at radius 3 is 2.61 bits per heavy atom. The molecule has 2 unspecified atom stereocenters. The van der Waals surface area contributed by atoms with Gasteiger partial charge in [0.2, 0.25) is 10.0 Å². The van der Waals surface area contributed by atoms with Crippen LogP contribution in [0.2, 0.25) is 0 Å². The van der Waals surface area contributed by atoms with Crippen molar-refractivity contribution in [1.29, 1.82) is 0 Å². The second-order valence-corrected chi connectivity index (χ2v) is 10.5. The van der Waals surface area contributed by atoms with Gasteiger partial charge in [0.1, 0.15) is 11.8 Å². The minimum absolute atomic E-state index is 0.0629. The van der Waals surface area contributed by atoms with Crippen LogP contribution in [0, 0.1) is 11.8 Å². The molecule has 1 aromatic rings. The highest BCUT2D eigenvalue weighted by Gasteiger charge is 2.48. The van der Waals surface area contributed by atoms with E-state index in [1.54, 1.807) is 38.4 Å². The molecule has 0 radical (unpaired) electrons. The van der Waals surface area contributed by atoms with Crippen LogP contribution < -0.4 is 10.2 Å². The summed E-state index contributed by atoms with van der Waals surface area (Å²) in [5.41, 5.74) is 1.60. The van der Waals surface area contributed by atoms with E-state index in [9.17, 15) is 13.2 Å². The number of hydrogen-bond acceptors (Lipinski definition) is 6. The third-order valence-electron chi connectivity index (χ3n) is 4.48. The van der Waals surface area contributed by atoms with E-state index < -0.39 is 26.7 Å². The van der Waals surface area contributed by atoms with Gasteiger partial charge in [-0.1, -0.05) is 12.8 Å². The van der Waals surface area contributed by atoms with E-state index in [4.69, 9.17) is 9.94 Å². The lowest BCUT2D eigenvalue weighted by molar-refractivity contribution is -0.134. The Morgan fingerprint density at radius 2 is 2.07 bits per heavy atom. The van der Waals surface area contributed by atoms with Gasteiger partial charge in [0.25, 0.3) is 5.91 Å². The number of benzene rings is 1. The van der Waals surface area contributed by atoms with Crippen molar-refractivity contribution in [3.63, 3.8) is 0 Å². The summed E-state index contributed by atoms with van der Waals surface area (Å²) in [6.07, 6.45) is 0.448. The molecule has 1 fully saturated rings. The quantitative estimate of drug-likeness (QED) is 0.412. The van der Waals surface area contributed by atoms with Gasteiger partial charge in [0.15, 0.2) is 6.10 Å². The predicted molar refractivity (Wildman–Crippen MR) is 109 cm³/mol. The zero-order valence-corrected chi connectivity index (χ0v) is 18.1. The first-order valence-electron chi connectivity index (χ1n) is 8.96. The number of ether oxygens (including phenoxy) is 1. The van der Waals surface area contributed by atoms with Gasteiger partial charge < -0.3 is 4.74 Å². The summed E-state index contributed by atoms with van der Waals surface area (Å²) in [5, 5.41) is 9.10. The summed E-state index contributed by atoms with van der Waals surface area (Å²) in [4.78, 5) is 12.3. The lowest BCUT2D eigenvalue weighted by Gasteiger charge is -2.43. The van der Waals surface area contributed by atoms with E-state index in [0.717, 1.165) is 4.31 Å². The Hall–Kier alpha value is -1.73. The monoisotopic (exact) mass is 426 g/mol. The van der Waals surface area contributed by atoms with E-state index in [2.05, 4.69) is 11.8 Å². The molecule has 7 nitrogen and oxygen atoms in total. The molecule has 1 saturated heterocycles. The molecule has 1 aliphatic heterocycles. The van der Waals surface area contributed by atoms with Gasteiger partial charge in [-0.25, -0.2) is 13.9 Å². The van der Waals surface area contributed by atoms with Crippen LogP contribution in [0.5, 0.6) is 5.75 Å². The van der Waals surface area contributed by atoms with Gasteiger partial charge >= 0.3 is 0 Å². The highest BCUT2D eigenvalue weighted by molar-refractivity contribution is 8.00. The molecule has 1 amide bonds. The second kappa shape index (κ2) is 9.18. The van der Waals surface area contributed by atoms with Crippen LogP contribution in [0.3, 0.4) is 0 Å². The topological polar surface area (TPSA) is 95.9 Å². The highest BCUT2D eigenvalue weighted by atomic mass is 32.2. The smallest absolute Gasteiger partial charge is 0.263 e. The largest absolute Gasteiger partial charge is 0.478 e. The normalized spacial score (nSPS) is 20.5. The summed E-state index contributed by atoms with van der Waals surface area (Å²) >= 11 is 1.49. The van der Waals surface area contributed by atoms with Crippen molar-refractivity contribution in [2.45, 2.75) is 55.9 Å². The van der Waals surface area contributed by atoms with E-state index in [1.807, 2.05) is 6.92 Å². The molecule has 0 saturated carbocycles. The summed E-state index contributed by atoms with van der Waals surface area (Å²) in [6, 6.07) is 5.05. The maximum absolute atomic E-state index is 13.2. The predicted octanol–water partition coefficient (Wildman–Crippen LogP) is 2.26. The second-order valence-electron chi connectivity index (χ2n) is 6.83. The molecule has 1 heterocycles. The van der Waals surface area contributed by atoms with Crippen molar-refractivity contribution in [3.05, 3.63) is 24.3 Å². The van der Waals surface area contributed by atoms with Gasteiger partial charge in [-0.2, -0.15) is 16.1 Å². The molecule has 1 aliphatic rings. The molecule has 0 aliphatic carbocycles. The zero-order chi connectivity index (χ0) is 20.9. The number of thioether (sulfide) groups is 1. The average Bonchev–Trinajstić information content (AvgIpc) is 2.66. The molecule has 28 heavy (non-hydrogen) atoms. The first kappa shape index (κ1) is 22.6. The van der Waals surface area contributed by atoms with Crippen LogP contribution in [-0.4, -0.2) is 53.0 Å².